The molecule has 1 heterocycles. The van der Waals surface area contributed by atoms with Gasteiger partial charge in [-0.1, -0.05) is 24.3 Å². The molecule has 1 unspecified atom stereocenters. The number of aryl methyl sites for hydroxylation is 1. The number of benzene rings is 2. The maximum absolute atomic E-state index is 12.2. The van der Waals surface area contributed by atoms with Crippen molar-refractivity contribution in [3.05, 3.63) is 72.1 Å². The molecule has 3 N–H and O–H groups in total. The molecule has 1 aliphatic rings. The van der Waals surface area contributed by atoms with Crippen LogP contribution in [0.4, 0.5) is 10.5 Å². The summed E-state index contributed by atoms with van der Waals surface area (Å²) in [5, 5.41) is 16.4. The van der Waals surface area contributed by atoms with Crippen LogP contribution in [0.3, 0.4) is 0 Å². The van der Waals surface area contributed by atoms with E-state index in [0.717, 1.165) is 23.1 Å². The monoisotopic (exact) mass is 349 g/mol. The van der Waals surface area contributed by atoms with Gasteiger partial charge in [-0.2, -0.15) is 0 Å². The maximum Gasteiger partial charge on any atom is 0.319 e. The average molecular weight is 349 g/mol. The standard InChI is InChI=1S/C20H19N3O3/c24-19(22-13-20(25)10-9-14-3-1-2-4-17(14)20)23-16-7-5-15(6-8-16)18-21-11-12-26-18/h1-8,11-12,25H,9-10,13H2,(H2,22,23,24). The van der Waals surface area contributed by atoms with Crippen LogP contribution in [-0.2, 0) is 12.0 Å². The number of rotatable bonds is 4. The van der Waals surface area contributed by atoms with Crippen LogP contribution in [0.2, 0.25) is 0 Å². The Morgan fingerprint density at radius 3 is 2.77 bits per heavy atom. The molecule has 6 heteroatoms. The van der Waals surface area contributed by atoms with Gasteiger partial charge in [0.05, 0.1) is 12.7 Å². The Kier molecular flexibility index (Phi) is 4.18. The number of hydrogen-bond donors (Lipinski definition) is 3. The summed E-state index contributed by atoms with van der Waals surface area (Å²) in [6, 6.07) is 14.7. The van der Waals surface area contributed by atoms with Gasteiger partial charge in [-0.25, -0.2) is 9.78 Å². The van der Waals surface area contributed by atoms with Gasteiger partial charge in [0, 0.05) is 11.3 Å². The van der Waals surface area contributed by atoms with E-state index < -0.39 is 5.60 Å². The zero-order valence-corrected chi connectivity index (χ0v) is 14.1. The van der Waals surface area contributed by atoms with Crippen LogP contribution in [0.1, 0.15) is 17.5 Å². The highest BCUT2D eigenvalue weighted by Crippen LogP contribution is 2.36. The van der Waals surface area contributed by atoms with Crippen molar-refractivity contribution in [3.8, 4) is 11.5 Å². The topological polar surface area (TPSA) is 87.4 Å². The molecule has 3 aromatic rings. The van der Waals surface area contributed by atoms with E-state index in [9.17, 15) is 9.90 Å². The van der Waals surface area contributed by atoms with E-state index in [4.69, 9.17) is 4.42 Å². The van der Waals surface area contributed by atoms with E-state index in [0.29, 0.717) is 18.0 Å². The predicted molar refractivity (Wildman–Crippen MR) is 97.6 cm³/mol. The molecular weight excluding hydrogens is 330 g/mol. The molecule has 0 spiro atoms. The van der Waals surface area contributed by atoms with Crippen molar-refractivity contribution in [2.24, 2.45) is 0 Å². The summed E-state index contributed by atoms with van der Waals surface area (Å²) in [5.41, 5.74) is 2.51. The minimum atomic E-state index is -1.01. The second kappa shape index (κ2) is 6.65. The number of carbonyl (C=O) groups excluding carboxylic acids is 1. The van der Waals surface area contributed by atoms with Crippen LogP contribution in [0.25, 0.3) is 11.5 Å². The van der Waals surface area contributed by atoms with Crippen LogP contribution < -0.4 is 10.6 Å². The molecule has 0 saturated heterocycles. The highest BCUT2D eigenvalue weighted by Gasteiger charge is 2.36. The number of aromatic nitrogens is 1. The lowest BCUT2D eigenvalue weighted by atomic mass is 9.96. The SMILES string of the molecule is O=C(NCC1(O)CCc2ccccc21)Nc1ccc(-c2ncco2)cc1. The first kappa shape index (κ1) is 16.4. The van der Waals surface area contributed by atoms with Crippen molar-refractivity contribution < 1.29 is 14.3 Å². The molecule has 0 saturated carbocycles. The van der Waals surface area contributed by atoms with Crippen LogP contribution in [0, 0.1) is 0 Å². The third kappa shape index (κ3) is 3.19. The van der Waals surface area contributed by atoms with Crippen molar-refractivity contribution in [2.75, 3.05) is 11.9 Å². The summed E-state index contributed by atoms with van der Waals surface area (Å²) in [5.74, 6) is 0.531. The third-order valence-electron chi connectivity index (χ3n) is 4.69. The number of anilines is 1. The molecule has 0 fully saturated rings. The van der Waals surface area contributed by atoms with Crippen LogP contribution in [-0.4, -0.2) is 22.7 Å². The zero-order valence-electron chi connectivity index (χ0n) is 14.1. The number of carbonyl (C=O) groups is 1. The summed E-state index contributed by atoms with van der Waals surface area (Å²) in [6.45, 7) is 0.171. The largest absolute Gasteiger partial charge is 0.445 e. The molecule has 1 aromatic heterocycles. The van der Waals surface area contributed by atoms with Gasteiger partial charge in [0.1, 0.15) is 11.9 Å². The Morgan fingerprint density at radius 2 is 2.00 bits per heavy atom. The second-order valence-corrected chi connectivity index (χ2v) is 6.41. The summed E-state index contributed by atoms with van der Waals surface area (Å²) >= 11 is 0. The van der Waals surface area contributed by atoms with Crippen molar-refractivity contribution in [2.45, 2.75) is 18.4 Å². The highest BCUT2D eigenvalue weighted by atomic mass is 16.3. The Hall–Kier alpha value is -3.12. The summed E-state index contributed by atoms with van der Waals surface area (Å²) < 4.78 is 5.24. The molecule has 0 bridgehead atoms. The van der Waals surface area contributed by atoms with Crippen molar-refractivity contribution in [1.29, 1.82) is 0 Å². The van der Waals surface area contributed by atoms with Crippen molar-refractivity contribution >= 4 is 11.7 Å². The number of amides is 2. The summed E-state index contributed by atoms with van der Waals surface area (Å²) in [6.07, 6.45) is 4.53. The van der Waals surface area contributed by atoms with E-state index in [1.54, 1.807) is 18.3 Å². The molecule has 1 aliphatic carbocycles. The van der Waals surface area contributed by atoms with Gasteiger partial charge in [0.25, 0.3) is 0 Å². The van der Waals surface area contributed by atoms with Crippen LogP contribution in [0.15, 0.2) is 65.4 Å². The Bertz CT molecular complexity index is 906. The molecule has 4 rings (SSSR count). The quantitative estimate of drug-likeness (QED) is 0.674. The maximum atomic E-state index is 12.2. The number of nitrogens with one attached hydrogen (secondary N) is 2. The first-order valence-electron chi connectivity index (χ1n) is 8.50. The zero-order chi connectivity index (χ0) is 18.0. The minimum Gasteiger partial charge on any atom is -0.445 e. The summed E-state index contributed by atoms with van der Waals surface area (Å²) in [4.78, 5) is 16.3. The first-order valence-corrected chi connectivity index (χ1v) is 8.50. The molecule has 6 nitrogen and oxygen atoms in total. The Balaban J connectivity index is 1.36. The van der Waals surface area contributed by atoms with E-state index in [2.05, 4.69) is 15.6 Å². The fourth-order valence-electron chi connectivity index (χ4n) is 3.32. The van der Waals surface area contributed by atoms with Crippen molar-refractivity contribution in [3.63, 3.8) is 0 Å². The third-order valence-corrected chi connectivity index (χ3v) is 4.69. The molecule has 2 aromatic carbocycles. The second-order valence-electron chi connectivity index (χ2n) is 6.41. The first-order chi connectivity index (χ1) is 12.6. The highest BCUT2D eigenvalue weighted by molar-refractivity contribution is 5.89. The van der Waals surface area contributed by atoms with Crippen LogP contribution >= 0.6 is 0 Å². The van der Waals surface area contributed by atoms with E-state index >= 15 is 0 Å². The average Bonchev–Trinajstić information content (AvgIpc) is 3.31. The van der Waals surface area contributed by atoms with Gasteiger partial charge in [-0.15, -0.1) is 0 Å². The lowest BCUT2D eigenvalue weighted by molar-refractivity contribution is 0.0417. The smallest absolute Gasteiger partial charge is 0.319 e. The van der Waals surface area contributed by atoms with Crippen LogP contribution in [0.5, 0.6) is 0 Å². The van der Waals surface area contributed by atoms with E-state index in [1.807, 2.05) is 36.4 Å². The van der Waals surface area contributed by atoms with Gasteiger partial charge in [0.2, 0.25) is 5.89 Å². The van der Waals surface area contributed by atoms with E-state index in [-0.39, 0.29) is 12.6 Å². The fraction of sp³-hybridized carbons (Fsp3) is 0.200. The predicted octanol–water partition coefficient (Wildman–Crippen LogP) is 3.30. The number of fused-ring (bicyclic) bond motifs is 1. The molecule has 132 valence electrons. The minimum absolute atomic E-state index is 0.171. The molecule has 0 aliphatic heterocycles. The number of aliphatic hydroxyl groups is 1. The molecular formula is C20H19N3O3. The lowest BCUT2D eigenvalue weighted by Gasteiger charge is -2.24. The summed E-state index contributed by atoms with van der Waals surface area (Å²) in [7, 11) is 0. The number of urea groups is 1. The Labute approximate surface area is 150 Å². The molecule has 26 heavy (non-hydrogen) atoms. The molecule has 1 atom stereocenters. The van der Waals surface area contributed by atoms with Gasteiger partial charge < -0.3 is 20.2 Å². The number of nitrogens with zero attached hydrogens (tertiary/aromatic N) is 1. The molecule has 0 radical (unpaired) electrons. The van der Waals surface area contributed by atoms with Crippen molar-refractivity contribution in [1.82, 2.24) is 10.3 Å². The Morgan fingerprint density at radius 1 is 1.19 bits per heavy atom. The lowest BCUT2D eigenvalue weighted by Crippen LogP contribution is -2.41. The van der Waals surface area contributed by atoms with E-state index in [1.165, 1.54) is 6.26 Å². The molecule has 2 amide bonds. The number of oxazole rings is 1. The normalized spacial score (nSPS) is 18.3. The van der Waals surface area contributed by atoms with Gasteiger partial charge in [-0.3, -0.25) is 0 Å². The van der Waals surface area contributed by atoms with Gasteiger partial charge >= 0.3 is 6.03 Å². The number of hydrogen-bond acceptors (Lipinski definition) is 4. The van der Waals surface area contributed by atoms with Gasteiger partial charge in [0.15, 0.2) is 0 Å². The fourth-order valence-corrected chi connectivity index (χ4v) is 3.32. The van der Waals surface area contributed by atoms with Gasteiger partial charge in [-0.05, 0) is 48.2 Å².